The van der Waals surface area contributed by atoms with Gasteiger partial charge in [-0.1, -0.05) is 19.3 Å². The summed E-state index contributed by atoms with van der Waals surface area (Å²) in [5, 5.41) is 5.84. The Hall–Kier alpha value is -0.580. The zero-order valence-electron chi connectivity index (χ0n) is 11.5. The Bertz CT molecular complexity index is 278. The lowest BCUT2D eigenvalue weighted by atomic mass is 9.85. The summed E-state index contributed by atoms with van der Waals surface area (Å²) in [7, 11) is -0.767. The maximum atomic E-state index is 11.6. The van der Waals surface area contributed by atoms with E-state index in [1.165, 1.54) is 32.1 Å². The SMILES string of the molecule is C[C@H](NC(=O)NCCC[S@@](C)=O)C1CCCCC1. The van der Waals surface area contributed by atoms with Gasteiger partial charge in [-0.25, -0.2) is 4.79 Å². The lowest BCUT2D eigenvalue weighted by Gasteiger charge is -2.28. The Balaban J connectivity index is 2.12. The maximum Gasteiger partial charge on any atom is 0.315 e. The molecule has 0 aliphatic heterocycles. The summed E-state index contributed by atoms with van der Waals surface area (Å²) in [6.07, 6.45) is 8.84. The second-order valence-electron chi connectivity index (χ2n) is 5.22. The molecule has 1 fully saturated rings. The first kappa shape index (κ1) is 15.5. The molecule has 4 nitrogen and oxygen atoms in total. The predicted molar refractivity (Wildman–Crippen MR) is 76.1 cm³/mol. The number of rotatable bonds is 6. The Morgan fingerprint density at radius 3 is 2.61 bits per heavy atom. The number of hydrogen-bond acceptors (Lipinski definition) is 2. The van der Waals surface area contributed by atoms with Crippen molar-refractivity contribution in [2.24, 2.45) is 5.92 Å². The summed E-state index contributed by atoms with van der Waals surface area (Å²) in [6.45, 7) is 2.69. The van der Waals surface area contributed by atoms with Crippen LogP contribution in [0.3, 0.4) is 0 Å². The monoisotopic (exact) mass is 274 g/mol. The van der Waals surface area contributed by atoms with E-state index in [-0.39, 0.29) is 12.1 Å². The van der Waals surface area contributed by atoms with Gasteiger partial charge in [0.1, 0.15) is 0 Å². The predicted octanol–water partition coefficient (Wildman–Crippen LogP) is 2.02. The minimum absolute atomic E-state index is 0.0880. The van der Waals surface area contributed by atoms with E-state index in [1.54, 1.807) is 6.26 Å². The summed E-state index contributed by atoms with van der Waals surface area (Å²) >= 11 is 0. The first-order valence-electron chi connectivity index (χ1n) is 6.94. The van der Waals surface area contributed by atoms with Gasteiger partial charge in [-0.3, -0.25) is 4.21 Å². The highest BCUT2D eigenvalue weighted by Crippen LogP contribution is 2.26. The molecule has 0 radical (unpaired) electrons. The van der Waals surface area contributed by atoms with Crippen LogP contribution in [-0.4, -0.2) is 34.8 Å². The molecule has 0 aromatic carbocycles. The van der Waals surface area contributed by atoms with E-state index in [0.717, 1.165) is 6.42 Å². The first-order chi connectivity index (χ1) is 8.59. The molecule has 1 aliphatic rings. The molecule has 0 heterocycles. The number of carbonyl (C=O) groups excluding carboxylic acids is 1. The molecule has 0 aromatic heterocycles. The van der Waals surface area contributed by atoms with Gasteiger partial charge in [0.15, 0.2) is 0 Å². The topological polar surface area (TPSA) is 58.2 Å². The Kier molecular flexibility index (Phi) is 7.32. The highest BCUT2D eigenvalue weighted by Gasteiger charge is 2.21. The van der Waals surface area contributed by atoms with E-state index >= 15 is 0 Å². The summed E-state index contributed by atoms with van der Waals surface area (Å²) < 4.78 is 10.9. The van der Waals surface area contributed by atoms with Crippen LogP contribution < -0.4 is 10.6 Å². The highest BCUT2D eigenvalue weighted by molar-refractivity contribution is 7.84. The van der Waals surface area contributed by atoms with Gasteiger partial charge in [0, 0.05) is 35.4 Å². The molecule has 1 aliphatic carbocycles. The van der Waals surface area contributed by atoms with Crippen molar-refractivity contribution in [1.29, 1.82) is 0 Å². The van der Waals surface area contributed by atoms with Crippen molar-refractivity contribution in [3.05, 3.63) is 0 Å². The zero-order chi connectivity index (χ0) is 13.4. The maximum absolute atomic E-state index is 11.6. The molecule has 106 valence electrons. The van der Waals surface area contributed by atoms with Crippen LogP contribution in [0, 0.1) is 5.92 Å². The molecule has 0 unspecified atom stereocenters. The van der Waals surface area contributed by atoms with Crippen LogP contribution in [0.4, 0.5) is 4.79 Å². The van der Waals surface area contributed by atoms with E-state index in [0.29, 0.717) is 18.2 Å². The fourth-order valence-corrected chi connectivity index (χ4v) is 3.04. The van der Waals surface area contributed by atoms with Crippen LogP contribution in [0.15, 0.2) is 0 Å². The molecular weight excluding hydrogens is 248 g/mol. The second-order valence-corrected chi connectivity index (χ2v) is 6.77. The normalized spacial score (nSPS) is 20.1. The summed E-state index contributed by atoms with van der Waals surface area (Å²) in [5.41, 5.74) is 0. The second kappa shape index (κ2) is 8.51. The third kappa shape index (κ3) is 6.38. The molecule has 2 amide bonds. The van der Waals surface area contributed by atoms with Gasteiger partial charge >= 0.3 is 6.03 Å². The minimum Gasteiger partial charge on any atom is -0.338 e. The average Bonchev–Trinajstić information content (AvgIpc) is 2.35. The van der Waals surface area contributed by atoms with Crippen LogP contribution in [0.5, 0.6) is 0 Å². The van der Waals surface area contributed by atoms with Crippen molar-refractivity contribution in [2.75, 3.05) is 18.6 Å². The van der Waals surface area contributed by atoms with E-state index in [2.05, 4.69) is 17.6 Å². The number of nitrogens with one attached hydrogen (secondary N) is 2. The quantitative estimate of drug-likeness (QED) is 0.728. The Morgan fingerprint density at radius 2 is 2.00 bits per heavy atom. The molecule has 0 aromatic rings. The highest BCUT2D eigenvalue weighted by atomic mass is 32.2. The van der Waals surface area contributed by atoms with E-state index in [4.69, 9.17) is 0 Å². The van der Waals surface area contributed by atoms with Crippen molar-refractivity contribution in [3.63, 3.8) is 0 Å². The van der Waals surface area contributed by atoms with Gasteiger partial charge in [0.2, 0.25) is 0 Å². The molecule has 0 saturated heterocycles. The fourth-order valence-electron chi connectivity index (χ4n) is 2.49. The minimum atomic E-state index is -0.767. The molecule has 0 bridgehead atoms. The van der Waals surface area contributed by atoms with Gasteiger partial charge in [0.05, 0.1) is 0 Å². The molecule has 1 rings (SSSR count). The third-order valence-corrected chi connectivity index (χ3v) is 4.47. The average molecular weight is 274 g/mol. The van der Waals surface area contributed by atoms with Gasteiger partial charge < -0.3 is 10.6 Å². The zero-order valence-corrected chi connectivity index (χ0v) is 12.4. The summed E-state index contributed by atoms with van der Waals surface area (Å²) in [5.74, 6) is 1.28. The van der Waals surface area contributed by atoms with Crippen LogP contribution in [-0.2, 0) is 10.8 Å². The van der Waals surface area contributed by atoms with E-state index in [1.807, 2.05) is 0 Å². The fraction of sp³-hybridized carbons (Fsp3) is 0.923. The van der Waals surface area contributed by atoms with Crippen LogP contribution in [0.1, 0.15) is 45.4 Å². The Labute approximate surface area is 113 Å². The number of urea groups is 1. The number of carbonyl (C=O) groups is 1. The smallest absolute Gasteiger partial charge is 0.315 e. The molecule has 5 heteroatoms. The van der Waals surface area contributed by atoms with Crippen LogP contribution >= 0.6 is 0 Å². The molecule has 2 N–H and O–H groups in total. The summed E-state index contributed by atoms with van der Waals surface area (Å²) in [4.78, 5) is 11.6. The lowest BCUT2D eigenvalue weighted by Crippen LogP contribution is -2.44. The van der Waals surface area contributed by atoms with Crippen LogP contribution in [0.25, 0.3) is 0 Å². The number of amides is 2. The molecular formula is C13H26N2O2S. The number of hydrogen-bond donors (Lipinski definition) is 2. The van der Waals surface area contributed by atoms with Crippen molar-refractivity contribution < 1.29 is 9.00 Å². The first-order valence-corrected chi connectivity index (χ1v) is 8.66. The molecule has 0 spiro atoms. The largest absolute Gasteiger partial charge is 0.338 e. The van der Waals surface area contributed by atoms with E-state index < -0.39 is 10.8 Å². The van der Waals surface area contributed by atoms with Gasteiger partial charge in [-0.05, 0) is 32.1 Å². The van der Waals surface area contributed by atoms with E-state index in [9.17, 15) is 9.00 Å². The third-order valence-electron chi connectivity index (χ3n) is 3.61. The van der Waals surface area contributed by atoms with Crippen molar-refractivity contribution in [2.45, 2.75) is 51.5 Å². The van der Waals surface area contributed by atoms with Gasteiger partial charge in [-0.15, -0.1) is 0 Å². The lowest BCUT2D eigenvalue weighted by molar-refractivity contribution is 0.225. The molecule has 1 saturated carbocycles. The Morgan fingerprint density at radius 1 is 1.33 bits per heavy atom. The van der Waals surface area contributed by atoms with Crippen LogP contribution in [0.2, 0.25) is 0 Å². The molecule has 2 atom stereocenters. The summed E-state index contributed by atoms with van der Waals surface area (Å²) in [6, 6.07) is 0.167. The van der Waals surface area contributed by atoms with Gasteiger partial charge in [0.25, 0.3) is 0 Å². The molecule has 18 heavy (non-hydrogen) atoms. The van der Waals surface area contributed by atoms with Crippen molar-refractivity contribution >= 4 is 16.8 Å². The van der Waals surface area contributed by atoms with Gasteiger partial charge in [-0.2, -0.15) is 0 Å². The van der Waals surface area contributed by atoms with Crippen molar-refractivity contribution in [1.82, 2.24) is 10.6 Å². The standard InChI is InChI=1S/C13H26N2O2S/c1-11(12-7-4-3-5-8-12)15-13(16)14-9-6-10-18(2)17/h11-12H,3-10H2,1-2H3,(H2,14,15,16)/t11-,18+/m0/s1. The van der Waals surface area contributed by atoms with Crippen molar-refractivity contribution in [3.8, 4) is 0 Å².